The van der Waals surface area contributed by atoms with Gasteiger partial charge >= 0.3 is 0 Å². The van der Waals surface area contributed by atoms with Gasteiger partial charge in [0, 0.05) is 19.0 Å². The molecule has 18 heavy (non-hydrogen) atoms. The molecule has 0 spiro atoms. The smallest absolute Gasteiger partial charge is 0.226 e. The maximum atomic E-state index is 12.2. The highest BCUT2D eigenvalue weighted by Gasteiger charge is 2.31. The van der Waals surface area contributed by atoms with Crippen LogP contribution >= 0.6 is 11.3 Å². The van der Waals surface area contributed by atoms with Crippen LogP contribution in [0.3, 0.4) is 0 Å². The van der Waals surface area contributed by atoms with Gasteiger partial charge < -0.3 is 15.4 Å². The van der Waals surface area contributed by atoms with Crippen LogP contribution < -0.4 is 5.73 Å². The fourth-order valence-corrected chi connectivity index (χ4v) is 2.89. The summed E-state index contributed by atoms with van der Waals surface area (Å²) >= 11 is 1.65. The second-order valence-corrected chi connectivity index (χ2v) is 5.65. The standard InChI is InChI=1S/C13H20N2O2S/c1-9(5-14)13(16)15-6-10(2)17-12(7-15)11-3-4-18-8-11/h3-4,8-10,12H,5-7,14H2,1-2H3. The Morgan fingerprint density at radius 3 is 3.06 bits per heavy atom. The first-order valence-corrected chi connectivity index (χ1v) is 7.22. The second kappa shape index (κ2) is 5.82. The lowest BCUT2D eigenvalue weighted by molar-refractivity contribution is -0.148. The van der Waals surface area contributed by atoms with Gasteiger partial charge in [0.2, 0.25) is 5.91 Å². The van der Waals surface area contributed by atoms with E-state index in [1.165, 1.54) is 0 Å². The van der Waals surface area contributed by atoms with Crippen molar-refractivity contribution in [2.24, 2.45) is 11.7 Å². The van der Waals surface area contributed by atoms with E-state index in [1.807, 2.05) is 24.1 Å². The molecule has 1 fully saturated rings. The fraction of sp³-hybridized carbons (Fsp3) is 0.615. The highest BCUT2D eigenvalue weighted by molar-refractivity contribution is 7.07. The van der Waals surface area contributed by atoms with E-state index in [2.05, 4.69) is 11.4 Å². The Kier molecular flexibility index (Phi) is 4.37. The topological polar surface area (TPSA) is 55.6 Å². The first-order valence-electron chi connectivity index (χ1n) is 6.28. The number of ether oxygens (including phenoxy) is 1. The molecular formula is C13H20N2O2S. The molecule has 100 valence electrons. The Labute approximate surface area is 112 Å². The maximum absolute atomic E-state index is 12.2. The Morgan fingerprint density at radius 2 is 2.44 bits per heavy atom. The molecule has 1 aromatic rings. The summed E-state index contributed by atoms with van der Waals surface area (Å²) in [4.78, 5) is 14.1. The molecule has 0 aliphatic carbocycles. The van der Waals surface area contributed by atoms with Gasteiger partial charge in [0.15, 0.2) is 0 Å². The highest BCUT2D eigenvalue weighted by Crippen LogP contribution is 2.27. The molecular weight excluding hydrogens is 248 g/mol. The van der Waals surface area contributed by atoms with Crippen molar-refractivity contribution in [3.63, 3.8) is 0 Å². The SMILES string of the molecule is CC1CN(C(=O)C(C)CN)CC(c2ccsc2)O1. The van der Waals surface area contributed by atoms with Crippen LogP contribution in [0.4, 0.5) is 0 Å². The first kappa shape index (κ1) is 13.5. The third-order valence-electron chi connectivity index (χ3n) is 3.26. The van der Waals surface area contributed by atoms with Crippen LogP contribution in [0.25, 0.3) is 0 Å². The lowest BCUT2D eigenvalue weighted by atomic mass is 10.1. The number of nitrogens with two attached hydrogens (primary N) is 1. The number of morpholine rings is 1. The molecule has 2 rings (SSSR count). The maximum Gasteiger partial charge on any atom is 0.226 e. The van der Waals surface area contributed by atoms with Crippen molar-refractivity contribution in [1.29, 1.82) is 0 Å². The number of hydrogen-bond acceptors (Lipinski definition) is 4. The van der Waals surface area contributed by atoms with E-state index < -0.39 is 0 Å². The number of hydrogen-bond donors (Lipinski definition) is 1. The van der Waals surface area contributed by atoms with E-state index in [0.717, 1.165) is 5.56 Å². The van der Waals surface area contributed by atoms with Gasteiger partial charge in [-0.05, 0) is 29.3 Å². The quantitative estimate of drug-likeness (QED) is 0.906. The van der Waals surface area contributed by atoms with E-state index in [4.69, 9.17) is 10.5 Å². The van der Waals surface area contributed by atoms with Gasteiger partial charge in [0.05, 0.1) is 12.6 Å². The minimum Gasteiger partial charge on any atom is -0.367 e. The molecule has 0 bridgehead atoms. The second-order valence-electron chi connectivity index (χ2n) is 4.87. The molecule has 3 unspecified atom stereocenters. The molecule has 4 nitrogen and oxygen atoms in total. The Bertz CT molecular complexity index is 394. The van der Waals surface area contributed by atoms with Crippen LogP contribution in [-0.4, -0.2) is 36.5 Å². The molecule has 0 radical (unpaired) electrons. The Morgan fingerprint density at radius 1 is 1.67 bits per heavy atom. The number of carbonyl (C=O) groups excluding carboxylic acids is 1. The monoisotopic (exact) mass is 268 g/mol. The predicted molar refractivity (Wildman–Crippen MR) is 72.4 cm³/mol. The zero-order chi connectivity index (χ0) is 13.1. The number of amides is 1. The van der Waals surface area contributed by atoms with Crippen molar-refractivity contribution in [1.82, 2.24) is 4.90 Å². The minimum absolute atomic E-state index is 0.00563. The van der Waals surface area contributed by atoms with Gasteiger partial charge in [-0.25, -0.2) is 0 Å². The average Bonchev–Trinajstić information content (AvgIpc) is 2.90. The van der Waals surface area contributed by atoms with Gasteiger partial charge in [0.25, 0.3) is 0 Å². The van der Waals surface area contributed by atoms with Crippen molar-refractivity contribution in [3.05, 3.63) is 22.4 Å². The Hall–Kier alpha value is -0.910. The molecule has 2 N–H and O–H groups in total. The summed E-state index contributed by atoms with van der Waals surface area (Å²) < 4.78 is 5.91. The minimum atomic E-state index is -0.113. The average molecular weight is 268 g/mol. The molecule has 1 aliphatic rings. The zero-order valence-electron chi connectivity index (χ0n) is 10.8. The third kappa shape index (κ3) is 2.91. The van der Waals surface area contributed by atoms with Crippen molar-refractivity contribution >= 4 is 17.2 Å². The van der Waals surface area contributed by atoms with Crippen LogP contribution in [0.1, 0.15) is 25.5 Å². The van der Waals surface area contributed by atoms with Gasteiger partial charge in [-0.3, -0.25) is 4.79 Å². The van der Waals surface area contributed by atoms with Crippen molar-refractivity contribution in [2.45, 2.75) is 26.1 Å². The van der Waals surface area contributed by atoms with E-state index in [-0.39, 0.29) is 24.0 Å². The molecule has 3 atom stereocenters. The number of carbonyl (C=O) groups is 1. The lowest BCUT2D eigenvalue weighted by Gasteiger charge is -2.37. The molecule has 1 saturated heterocycles. The van der Waals surface area contributed by atoms with Crippen molar-refractivity contribution < 1.29 is 9.53 Å². The van der Waals surface area contributed by atoms with E-state index in [0.29, 0.717) is 19.6 Å². The van der Waals surface area contributed by atoms with Gasteiger partial charge in [0.1, 0.15) is 6.10 Å². The van der Waals surface area contributed by atoms with Crippen LogP contribution in [0.5, 0.6) is 0 Å². The number of thiophene rings is 1. The van der Waals surface area contributed by atoms with Gasteiger partial charge in [-0.2, -0.15) is 11.3 Å². The van der Waals surface area contributed by atoms with E-state index >= 15 is 0 Å². The van der Waals surface area contributed by atoms with Gasteiger partial charge in [-0.1, -0.05) is 6.92 Å². The van der Waals surface area contributed by atoms with Crippen LogP contribution in [0.15, 0.2) is 16.8 Å². The predicted octanol–water partition coefficient (Wildman–Crippen LogP) is 1.63. The third-order valence-corrected chi connectivity index (χ3v) is 3.96. The summed E-state index contributed by atoms with van der Waals surface area (Å²) in [6, 6.07) is 2.06. The summed E-state index contributed by atoms with van der Waals surface area (Å²) in [6.07, 6.45) is 0.0616. The normalized spacial score (nSPS) is 26.1. The van der Waals surface area contributed by atoms with Crippen molar-refractivity contribution in [2.75, 3.05) is 19.6 Å². The van der Waals surface area contributed by atoms with Crippen molar-refractivity contribution in [3.8, 4) is 0 Å². The largest absolute Gasteiger partial charge is 0.367 e. The fourth-order valence-electron chi connectivity index (χ4n) is 2.19. The molecule has 1 aromatic heterocycles. The number of nitrogens with zero attached hydrogens (tertiary/aromatic N) is 1. The molecule has 1 amide bonds. The first-order chi connectivity index (χ1) is 8.61. The van der Waals surface area contributed by atoms with Crippen LogP contribution in [0, 0.1) is 5.92 Å². The molecule has 0 saturated carbocycles. The van der Waals surface area contributed by atoms with E-state index in [1.54, 1.807) is 11.3 Å². The summed E-state index contributed by atoms with van der Waals surface area (Å²) in [5.41, 5.74) is 6.72. The number of rotatable bonds is 3. The Balaban J connectivity index is 2.07. The van der Waals surface area contributed by atoms with Crippen LogP contribution in [-0.2, 0) is 9.53 Å². The molecule has 2 heterocycles. The summed E-state index contributed by atoms with van der Waals surface area (Å²) in [5.74, 6) is 0.0197. The summed E-state index contributed by atoms with van der Waals surface area (Å²) in [6.45, 7) is 5.57. The van der Waals surface area contributed by atoms with Gasteiger partial charge in [-0.15, -0.1) is 0 Å². The summed E-state index contributed by atoms with van der Waals surface area (Å²) in [5, 5.41) is 4.12. The van der Waals surface area contributed by atoms with Crippen LogP contribution in [0.2, 0.25) is 0 Å². The van der Waals surface area contributed by atoms with E-state index in [9.17, 15) is 4.79 Å². The molecule has 1 aliphatic heterocycles. The lowest BCUT2D eigenvalue weighted by Crippen LogP contribution is -2.48. The highest BCUT2D eigenvalue weighted by atomic mass is 32.1. The molecule has 5 heteroatoms. The summed E-state index contributed by atoms with van der Waals surface area (Å²) in [7, 11) is 0. The molecule has 0 aromatic carbocycles. The zero-order valence-corrected chi connectivity index (χ0v) is 11.7.